The van der Waals surface area contributed by atoms with E-state index in [4.69, 9.17) is 17.3 Å². The van der Waals surface area contributed by atoms with Crippen molar-refractivity contribution in [1.82, 2.24) is 0 Å². The molecule has 0 spiro atoms. The minimum Gasteiger partial charge on any atom is -0.497 e. The number of benzene rings is 1. The van der Waals surface area contributed by atoms with Gasteiger partial charge in [-0.25, -0.2) is 0 Å². The normalized spacial score (nSPS) is 13.5. The van der Waals surface area contributed by atoms with Crippen LogP contribution in [0.5, 0.6) is 11.5 Å². The summed E-state index contributed by atoms with van der Waals surface area (Å²) in [6.07, 6.45) is 2.47. The lowest BCUT2D eigenvalue weighted by atomic mass is 9.63. The summed E-state index contributed by atoms with van der Waals surface area (Å²) in [5.74, 6) is 0.456. The minimum atomic E-state index is -1.21. The molecule has 0 bridgehead atoms. The molecule has 1 aromatic carbocycles. The first-order chi connectivity index (χ1) is 9.51. The molecule has 1 N–H and O–H groups in total. The van der Waals surface area contributed by atoms with Crippen molar-refractivity contribution >= 4 is 13.8 Å². The molecule has 0 amide bonds. The molecule has 0 aromatic heterocycles. The molecule has 1 aromatic rings. The zero-order valence-electron chi connectivity index (χ0n) is 12.1. The maximum Gasteiger partial charge on any atom is 0.300 e. The van der Waals surface area contributed by atoms with E-state index in [9.17, 15) is 9.90 Å². The Kier molecular flexibility index (Phi) is 6.42. The van der Waals surface area contributed by atoms with Crippen LogP contribution in [-0.2, 0) is 4.79 Å². The average Bonchev–Trinajstić information content (AvgIpc) is 2.45. The van der Waals surface area contributed by atoms with Gasteiger partial charge in [0.25, 0.3) is 0 Å². The van der Waals surface area contributed by atoms with E-state index in [0.29, 0.717) is 12.2 Å². The average molecular weight is 276 g/mol. The second-order valence-electron chi connectivity index (χ2n) is 4.84. The Labute approximate surface area is 121 Å². The molecule has 0 aliphatic heterocycles. The van der Waals surface area contributed by atoms with Gasteiger partial charge in [0, 0.05) is 5.31 Å². The topological polar surface area (TPSA) is 55.8 Å². The quantitative estimate of drug-likeness (QED) is 0.704. The molecule has 0 saturated heterocycles. The maximum absolute atomic E-state index is 11.3. The molecule has 4 nitrogen and oxygen atoms in total. The molecule has 1 atom stereocenters. The standard InChI is InChI=1S/C15H21BO4/c1-3-4-9-15(16,14(17)18)10-11-20-13-7-5-12(19-2)6-8-13/h5-8H,3-4,9-11H2,1-2H3,(H,17,18). The van der Waals surface area contributed by atoms with Gasteiger partial charge in [-0.3, -0.25) is 4.79 Å². The highest BCUT2D eigenvalue weighted by Gasteiger charge is 2.31. The lowest BCUT2D eigenvalue weighted by molar-refractivity contribution is -0.141. The Morgan fingerprint density at radius 3 is 2.35 bits per heavy atom. The highest BCUT2D eigenvalue weighted by molar-refractivity contribution is 6.26. The van der Waals surface area contributed by atoms with E-state index in [2.05, 4.69) is 0 Å². The number of carbonyl (C=O) groups is 1. The van der Waals surface area contributed by atoms with E-state index in [1.807, 2.05) is 6.92 Å². The Morgan fingerprint density at radius 2 is 1.85 bits per heavy atom. The maximum atomic E-state index is 11.3. The summed E-state index contributed by atoms with van der Waals surface area (Å²) in [6.45, 7) is 2.29. The summed E-state index contributed by atoms with van der Waals surface area (Å²) in [7, 11) is 7.53. The molecule has 0 heterocycles. The summed E-state index contributed by atoms with van der Waals surface area (Å²) in [5, 5.41) is 8.02. The van der Waals surface area contributed by atoms with Crippen LogP contribution in [0.3, 0.4) is 0 Å². The largest absolute Gasteiger partial charge is 0.497 e. The number of hydrogen-bond donors (Lipinski definition) is 1. The number of carboxylic acid groups (broad SMARTS) is 1. The van der Waals surface area contributed by atoms with Gasteiger partial charge >= 0.3 is 5.97 Å². The first kappa shape index (κ1) is 16.4. The van der Waals surface area contributed by atoms with Crippen LogP contribution in [0.4, 0.5) is 0 Å². The van der Waals surface area contributed by atoms with Crippen LogP contribution in [0.1, 0.15) is 32.6 Å². The molecule has 0 aliphatic rings. The molecule has 5 heteroatoms. The number of hydrogen-bond acceptors (Lipinski definition) is 3. The fraction of sp³-hybridized carbons (Fsp3) is 0.533. The van der Waals surface area contributed by atoms with Crippen molar-refractivity contribution in [3.63, 3.8) is 0 Å². The molecule has 1 unspecified atom stereocenters. The third-order valence-corrected chi connectivity index (χ3v) is 3.28. The Bertz CT molecular complexity index is 418. The fourth-order valence-electron chi connectivity index (χ4n) is 1.85. The zero-order chi connectivity index (χ0) is 15.0. The van der Waals surface area contributed by atoms with Gasteiger partial charge in [-0.15, -0.1) is 0 Å². The molecule has 2 radical (unpaired) electrons. The van der Waals surface area contributed by atoms with Crippen molar-refractivity contribution in [2.45, 2.75) is 37.9 Å². The van der Waals surface area contributed by atoms with Crippen molar-refractivity contribution in [1.29, 1.82) is 0 Å². The van der Waals surface area contributed by atoms with Crippen molar-refractivity contribution < 1.29 is 19.4 Å². The van der Waals surface area contributed by atoms with Crippen LogP contribution in [0.15, 0.2) is 24.3 Å². The number of methoxy groups -OCH3 is 1. The van der Waals surface area contributed by atoms with Crippen molar-refractivity contribution in [3.8, 4) is 11.5 Å². The van der Waals surface area contributed by atoms with Crippen LogP contribution < -0.4 is 9.47 Å². The smallest absolute Gasteiger partial charge is 0.300 e. The summed E-state index contributed by atoms with van der Waals surface area (Å²) in [6, 6.07) is 7.15. The molecule has 0 saturated carbocycles. The first-order valence-corrected chi connectivity index (χ1v) is 6.81. The van der Waals surface area contributed by atoms with Gasteiger partial charge in [0.2, 0.25) is 0 Å². The van der Waals surface area contributed by atoms with Gasteiger partial charge in [0.1, 0.15) is 11.5 Å². The second kappa shape index (κ2) is 7.83. The Balaban J connectivity index is 2.49. The fourth-order valence-corrected chi connectivity index (χ4v) is 1.85. The molecule has 108 valence electrons. The molecular weight excluding hydrogens is 255 g/mol. The van der Waals surface area contributed by atoms with Crippen molar-refractivity contribution in [2.75, 3.05) is 13.7 Å². The monoisotopic (exact) mass is 276 g/mol. The van der Waals surface area contributed by atoms with Crippen LogP contribution in [-0.4, -0.2) is 32.6 Å². The van der Waals surface area contributed by atoms with Gasteiger partial charge < -0.3 is 14.6 Å². The third-order valence-electron chi connectivity index (χ3n) is 3.28. The van der Waals surface area contributed by atoms with Gasteiger partial charge in [-0.05, 0) is 37.1 Å². The lowest BCUT2D eigenvalue weighted by Crippen LogP contribution is -2.26. The van der Waals surface area contributed by atoms with Crippen molar-refractivity contribution in [3.05, 3.63) is 24.3 Å². The van der Waals surface area contributed by atoms with E-state index >= 15 is 0 Å². The summed E-state index contributed by atoms with van der Waals surface area (Å²) in [5.41, 5.74) is 0. The van der Waals surface area contributed by atoms with Gasteiger partial charge in [-0.1, -0.05) is 19.8 Å². The molecule has 0 fully saturated rings. The highest BCUT2D eigenvalue weighted by Crippen LogP contribution is 2.33. The van der Waals surface area contributed by atoms with E-state index in [1.165, 1.54) is 0 Å². The Hall–Kier alpha value is -1.65. The summed E-state index contributed by atoms with van der Waals surface area (Å²) in [4.78, 5) is 11.3. The van der Waals surface area contributed by atoms with E-state index in [-0.39, 0.29) is 13.0 Å². The third kappa shape index (κ3) is 4.80. The van der Waals surface area contributed by atoms with Gasteiger partial charge in [-0.2, -0.15) is 0 Å². The number of unbranched alkanes of at least 4 members (excludes halogenated alkanes) is 1. The SMILES string of the molecule is [B]C(CCCC)(CCOc1ccc(OC)cc1)C(=O)O. The van der Waals surface area contributed by atoms with Crippen LogP contribution >= 0.6 is 0 Å². The molecular formula is C15H21BO4. The van der Waals surface area contributed by atoms with Crippen LogP contribution in [0, 0.1) is 0 Å². The van der Waals surface area contributed by atoms with E-state index in [0.717, 1.165) is 18.6 Å². The lowest BCUT2D eigenvalue weighted by Gasteiger charge is -2.25. The van der Waals surface area contributed by atoms with E-state index < -0.39 is 11.3 Å². The Morgan fingerprint density at radius 1 is 1.25 bits per heavy atom. The second-order valence-corrected chi connectivity index (χ2v) is 4.84. The number of aliphatic carboxylic acids is 1. The predicted octanol–water partition coefficient (Wildman–Crippen LogP) is 3.07. The predicted molar refractivity (Wildman–Crippen MR) is 78.7 cm³/mol. The van der Waals surface area contributed by atoms with Crippen molar-refractivity contribution in [2.24, 2.45) is 0 Å². The molecule has 0 aliphatic carbocycles. The summed E-state index contributed by atoms with van der Waals surface area (Å²) < 4.78 is 10.6. The minimum absolute atomic E-state index is 0.277. The van der Waals surface area contributed by atoms with Gasteiger partial charge in [0.05, 0.1) is 21.6 Å². The first-order valence-electron chi connectivity index (χ1n) is 6.81. The zero-order valence-corrected chi connectivity index (χ0v) is 12.1. The number of ether oxygens (including phenoxy) is 2. The molecule has 1 rings (SSSR count). The van der Waals surface area contributed by atoms with E-state index in [1.54, 1.807) is 31.4 Å². The van der Waals surface area contributed by atoms with Crippen LogP contribution in [0.2, 0.25) is 5.31 Å². The number of rotatable bonds is 9. The number of carboxylic acids is 1. The van der Waals surface area contributed by atoms with Crippen LogP contribution in [0.25, 0.3) is 0 Å². The van der Waals surface area contributed by atoms with Gasteiger partial charge in [0.15, 0.2) is 0 Å². The summed E-state index contributed by atoms with van der Waals surface area (Å²) >= 11 is 0. The highest BCUT2D eigenvalue weighted by atomic mass is 16.5. The molecule has 20 heavy (non-hydrogen) atoms.